The van der Waals surface area contributed by atoms with Gasteiger partial charge in [-0.05, 0) is 60.1 Å². The third kappa shape index (κ3) is 2.33. The van der Waals surface area contributed by atoms with Gasteiger partial charge in [0.05, 0.1) is 0 Å². The van der Waals surface area contributed by atoms with Crippen LogP contribution in [0.1, 0.15) is 46.2 Å². The van der Waals surface area contributed by atoms with E-state index in [0.717, 1.165) is 12.8 Å². The van der Waals surface area contributed by atoms with Crippen LogP contribution in [0.3, 0.4) is 0 Å². The molecule has 108 valence electrons. The standard InChI is InChI=1S/C22H20/c1-15-5-3-7-19-11-17(13-21(15)19)9-10-18-12-20-8-4-6-16(2)22(20)14-18/h3-8,11-14H,9-10H2,1-2H3. The van der Waals surface area contributed by atoms with Crippen LogP contribution in [0, 0.1) is 26.7 Å². The first kappa shape index (κ1) is 13.6. The topological polar surface area (TPSA) is 0 Å². The molecule has 2 radical (unpaired) electrons. The van der Waals surface area contributed by atoms with E-state index >= 15 is 0 Å². The maximum absolute atomic E-state index is 2.36. The number of hydrogen-bond acceptors (Lipinski definition) is 0. The zero-order valence-corrected chi connectivity index (χ0v) is 13.2. The predicted molar refractivity (Wildman–Crippen MR) is 94.4 cm³/mol. The van der Waals surface area contributed by atoms with Gasteiger partial charge in [0.15, 0.2) is 0 Å². The maximum Gasteiger partial charge on any atom is 0.0164 e. The highest BCUT2D eigenvalue weighted by Crippen LogP contribution is 2.35. The molecule has 0 unspecified atom stereocenters. The lowest BCUT2D eigenvalue weighted by Gasteiger charge is -2.03. The summed E-state index contributed by atoms with van der Waals surface area (Å²) >= 11 is 0. The van der Waals surface area contributed by atoms with Gasteiger partial charge in [-0.2, -0.15) is 0 Å². The van der Waals surface area contributed by atoms with Gasteiger partial charge in [0.1, 0.15) is 0 Å². The second-order valence-electron chi connectivity index (χ2n) is 6.38. The first-order valence-electron chi connectivity index (χ1n) is 8.00. The Kier molecular flexibility index (Phi) is 3.26. The molecule has 0 saturated heterocycles. The fourth-order valence-corrected chi connectivity index (χ4v) is 3.48. The number of hydrogen-bond donors (Lipinski definition) is 0. The Morgan fingerprint density at radius 2 is 1.09 bits per heavy atom. The summed E-state index contributed by atoms with van der Waals surface area (Å²) in [5.41, 5.74) is 11.2. The molecule has 2 aromatic carbocycles. The van der Waals surface area contributed by atoms with E-state index in [9.17, 15) is 0 Å². The number of rotatable bonds is 3. The zero-order chi connectivity index (χ0) is 15.1. The Hall–Kier alpha value is -2.08. The van der Waals surface area contributed by atoms with E-state index < -0.39 is 0 Å². The number of benzene rings is 2. The van der Waals surface area contributed by atoms with Crippen molar-refractivity contribution < 1.29 is 0 Å². The monoisotopic (exact) mass is 284 g/mol. The van der Waals surface area contributed by atoms with Crippen molar-refractivity contribution in [2.75, 3.05) is 0 Å². The maximum atomic E-state index is 2.36. The summed E-state index contributed by atoms with van der Waals surface area (Å²) in [7, 11) is 0. The number of aryl methyl sites for hydroxylation is 2. The third-order valence-corrected chi connectivity index (χ3v) is 4.76. The fourth-order valence-electron chi connectivity index (χ4n) is 3.48. The minimum atomic E-state index is 1.11. The van der Waals surface area contributed by atoms with Gasteiger partial charge in [-0.1, -0.05) is 59.7 Å². The average molecular weight is 284 g/mol. The molecule has 0 aliphatic heterocycles. The third-order valence-electron chi connectivity index (χ3n) is 4.76. The van der Waals surface area contributed by atoms with Crippen LogP contribution in [-0.4, -0.2) is 0 Å². The van der Waals surface area contributed by atoms with Crippen LogP contribution < -0.4 is 0 Å². The molecular formula is C22H20. The Morgan fingerprint density at radius 1 is 0.636 bits per heavy atom. The average Bonchev–Trinajstić information content (AvgIpc) is 3.10. The van der Waals surface area contributed by atoms with Crippen LogP contribution in [0.25, 0.3) is 12.2 Å². The normalized spacial score (nSPS) is 15.4. The van der Waals surface area contributed by atoms with Crippen molar-refractivity contribution in [2.24, 2.45) is 0 Å². The summed E-state index contributed by atoms with van der Waals surface area (Å²) in [6, 6.07) is 13.1. The molecule has 0 N–H and O–H groups in total. The fraction of sp³-hybridized carbons (Fsp3) is 0.182. The van der Waals surface area contributed by atoms with Gasteiger partial charge in [-0.15, -0.1) is 0 Å². The van der Waals surface area contributed by atoms with Gasteiger partial charge < -0.3 is 0 Å². The van der Waals surface area contributed by atoms with Crippen LogP contribution >= 0.6 is 0 Å². The van der Waals surface area contributed by atoms with Gasteiger partial charge in [0, 0.05) is 12.8 Å². The first-order chi connectivity index (χ1) is 10.7. The molecule has 4 rings (SSSR count). The molecule has 0 heteroatoms. The van der Waals surface area contributed by atoms with Crippen molar-refractivity contribution in [3.63, 3.8) is 0 Å². The second kappa shape index (κ2) is 5.28. The summed E-state index contributed by atoms with van der Waals surface area (Å²) < 4.78 is 0. The van der Waals surface area contributed by atoms with E-state index in [1.807, 2.05) is 0 Å². The zero-order valence-electron chi connectivity index (χ0n) is 13.2. The molecule has 0 bridgehead atoms. The molecule has 0 spiro atoms. The second-order valence-corrected chi connectivity index (χ2v) is 6.38. The minimum absolute atomic E-state index is 1.11. The van der Waals surface area contributed by atoms with E-state index in [1.54, 1.807) is 0 Å². The van der Waals surface area contributed by atoms with Crippen molar-refractivity contribution in [3.05, 3.63) is 93.8 Å². The molecule has 2 aliphatic carbocycles. The highest BCUT2D eigenvalue weighted by molar-refractivity contribution is 5.73. The van der Waals surface area contributed by atoms with E-state index in [0.29, 0.717) is 0 Å². The van der Waals surface area contributed by atoms with Crippen molar-refractivity contribution >= 4 is 12.2 Å². The highest BCUT2D eigenvalue weighted by Gasteiger charge is 2.17. The van der Waals surface area contributed by atoms with E-state index in [1.165, 1.54) is 44.5 Å². The van der Waals surface area contributed by atoms with E-state index in [2.05, 4.69) is 75.2 Å². The van der Waals surface area contributed by atoms with Gasteiger partial charge >= 0.3 is 0 Å². The Bertz CT molecular complexity index is 733. The number of allylic oxidation sites excluding steroid dienone is 2. The predicted octanol–water partition coefficient (Wildman–Crippen LogP) is 5.68. The van der Waals surface area contributed by atoms with Gasteiger partial charge in [-0.3, -0.25) is 0 Å². The van der Waals surface area contributed by atoms with Crippen LogP contribution in [0.2, 0.25) is 0 Å². The molecule has 0 saturated carbocycles. The molecule has 2 aliphatic rings. The lowest BCUT2D eigenvalue weighted by atomic mass is 10.0. The van der Waals surface area contributed by atoms with Crippen molar-refractivity contribution in [3.8, 4) is 0 Å². The summed E-state index contributed by atoms with van der Waals surface area (Å²) in [5.74, 6) is 0. The molecule has 0 fully saturated rings. The van der Waals surface area contributed by atoms with Crippen LogP contribution in [0.4, 0.5) is 0 Å². The van der Waals surface area contributed by atoms with Gasteiger partial charge in [0.25, 0.3) is 0 Å². The van der Waals surface area contributed by atoms with Crippen molar-refractivity contribution in [1.29, 1.82) is 0 Å². The lowest BCUT2D eigenvalue weighted by Crippen LogP contribution is -1.87. The van der Waals surface area contributed by atoms with Gasteiger partial charge in [0.2, 0.25) is 0 Å². The van der Waals surface area contributed by atoms with Crippen molar-refractivity contribution in [1.82, 2.24) is 0 Å². The van der Waals surface area contributed by atoms with Crippen LogP contribution in [0.5, 0.6) is 0 Å². The minimum Gasteiger partial charge on any atom is -0.0617 e. The Morgan fingerprint density at radius 3 is 1.50 bits per heavy atom. The SMILES string of the molecule is Cc1cccc2c1C=C(CCC1=Cc3c(C)cccc3[CH]1)[CH]2. The smallest absolute Gasteiger partial charge is 0.0164 e. The molecule has 0 heterocycles. The van der Waals surface area contributed by atoms with Crippen LogP contribution in [-0.2, 0) is 0 Å². The molecule has 0 atom stereocenters. The molecule has 0 amide bonds. The molecule has 0 nitrogen and oxygen atoms in total. The van der Waals surface area contributed by atoms with Gasteiger partial charge in [-0.25, -0.2) is 0 Å². The van der Waals surface area contributed by atoms with E-state index in [-0.39, 0.29) is 0 Å². The van der Waals surface area contributed by atoms with E-state index in [4.69, 9.17) is 0 Å². The Balaban J connectivity index is 1.46. The summed E-state index contributed by atoms with van der Waals surface area (Å²) in [6.45, 7) is 4.39. The quantitative estimate of drug-likeness (QED) is 0.680. The van der Waals surface area contributed by atoms with Crippen molar-refractivity contribution in [2.45, 2.75) is 26.7 Å². The molecule has 22 heavy (non-hydrogen) atoms. The summed E-state index contributed by atoms with van der Waals surface area (Å²) in [5, 5.41) is 0. The summed E-state index contributed by atoms with van der Waals surface area (Å²) in [4.78, 5) is 0. The number of fused-ring (bicyclic) bond motifs is 2. The summed E-state index contributed by atoms with van der Waals surface area (Å²) in [6.07, 6.45) is 11.6. The molecule has 2 aromatic rings. The largest absolute Gasteiger partial charge is 0.0617 e. The molecular weight excluding hydrogens is 264 g/mol. The lowest BCUT2D eigenvalue weighted by molar-refractivity contribution is 0.964. The Labute approximate surface area is 133 Å². The first-order valence-corrected chi connectivity index (χ1v) is 8.00. The van der Waals surface area contributed by atoms with Crippen LogP contribution in [0.15, 0.2) is 47.5 Å². The molecule has 0 aromatic heterocycles. The highest BCUT2D eigenvalue weighted by atomic mass is 14.2.